The van der Waals surface area contributed by atoms with Crippen LogP contribution in [0.1, 0.15) is 41.5 Å². The molecule has 0 spiro atoms. The molecule has 0 heterocycles. The van der Waals surface area contributed by atoms with Gasteiger partial charge in [-0.15, -0.1) is 0 Å². The molecule has 6 heteroatoms. The summed E-state index contributed by atoms with van der Waals surface area (Å²) in [4.78, 5) is 22.7. The van der Waals surface area contributed by atoms with Crippen molar-refractivity contribution < 1.29 is 19.1 Å². The average Bonchev–Trinajstić information content (AvgIpc) is 2.18. The van der Waals surface area contributed by atoms with E-state index in [1.54, 1.807) is 20.8 Å². The third-order valence-electron chi connectivity index (χ3n) is 1.75. The first-order valence-electron chi connectivity index (χ1n) is 6.37. The minimum atomic E-state index is -0.520. The summed E-state index contributed by atoms with van der Waals surface area (Å²) >= 11 is 0. The van der Waals surface area contributed by atoms with Gasteiger partial charge in [0, 0.05) is 13.1 Å². The molecule has 0 saturated carbocycles. The summed E-state index contributed by atoms with van der Waals surface area (Å²) < 4.78 is 10.4. The Balaban J connectivity index is 3.64. The van der Waals surface area contributed by atoms with Gasteiger partial charge in [-0.3, -0.25) is 4.79 Å². The molecule has 0 aliphatic heterocycles. The summed E-state index contributed by atoms with van der Waals surface area (Å²) in [6.07, 6.45) is -0.493. The number of hydrogen-bond acceptors (Lipinski definition) is 4. The maximum Gasteiger partial charge on any atom is 0.407 e. The summed E-state index contributed by atoms with van der Waals surface area (Å²) in [5, 5.41) is 5.19. The van der Waals surface area contributed by atoms with Crippen molar-refractivity contribution in [1.82, 2.24) is 10.6 Å². The van der Waals surface area contributed by atoms with Crippen molar-refractivity contribution in [3.05, 3.63) is 0 Å². The summed E-state index contributed by atoms with van der Waals surface area (Å²) in [5.41, 5.74) is -0.861. The summed E-state index contributed by atoms with van der Waals surface area (Å²) in [6.45, 7) is 11.7. The van der Waals surface area contributed by atoms with Crippen LogP contribution in [0.5, 0.6) is 0 Å². The predicted octanol–water partition coefficient (Wildman–Crippen LogP) is 1.44. The van der Waals surface area contributed by atoms with Crippen LogP contribution in [0, 0.1) is 0 Å². The Kier molecular flexibility index (Phi) is 6.83. The summed E-state index contributed by atoms with van der Waals surface area (Å²) in [7, 11) is 0. The van der Waals surface area contributed by atoms with E-state index in [9.17, 15) is 9.59 Å². The fourth-order valence-electron chi connectivity index (χ4n) is 1.01. The van der Waals surface area contributed by atoms with E-state index in [2.05, 4.69) is 10.6 Å². The molecule has 0 aliphatic carbocycles. The highest BCUT2D eigenvalue weighted by molar-refractivity contribution is 5.77. The van der Waals surface area contributed by atoms with Crippen LogP contribution >= 0.6 is 0 Å². The van der Waals surface area contributed by atoms with E-state index in [-0.39, 0.29) is 18.1 Å². The van der Waals surface area contributed by atoms with Crippen LogP contribution in [0.4, 0.5) is 4.79 Å². The van der Waals surface area contributed by atoms with Gasteiger partial charge in [-0.1, -0.05) is 0 Å². The molecule has 0 aromatic rings. The normalized spacial score (nSPS) is 11.9. The molecular formula is C13H26N2O4. The number of ether oxygens (including phenoxy) is 2. The topological polar surface area (TPSA) is 76.7 Å². The van der Waals surface area contributed by atoms with Gasteiger partial charge in [-0.05, 0) is 41.5 Å². The Bertz CT molecular complexity index is 303. The Labute approximate surface area is 115 Å². The van der Waals surface area contributed by atoms with Gasteiger partial charge in [0.05, 0.1) is 5.60 Å². The van der Waals surface area contributed by atoms with Crippen LogP contribution in [-0.2, 0) is 14.3 Å². The highest BCUT2D eigenvalue weighted by atomic mass is 16.6. The van der Waals surface area contributed by atoms with Gasteiger partial charge in [0.15, 0.2) is 0 Å². The van der Waals surface area contributed by atoms with Crippen molar-refractivity contribution >= 4 is 12.0 Å². The lowest BCUT2D eigenvalue weighted by molar-refractivity contribution is -0.130. The Morgan fingerprint density at radius 3 is 1.89 bits per heavy atom. The SMILES string of the molecule is CC(C)(C)OCC(=O)NCCNC(=O)OC(C)(C)C. The van der Waals surface area contributed by atoms with Crippen LogP contribution < -0.4 is 10.6 Å². The molecule has 0 radical (unpaired) electrons. The summed E-state index contributed by atoms with van der Waals surface area (Å²) in [6, 6.07) is 0. The Hall–Kier alpha value is -1.30. The van der Waals surface area contributed by atoms with E-state index < -0.39 is 11.7 Å². The van der Waals surface area contributed by atoms with Crippen molar-refractivity contribution in [1.29, 1.82) is 0 Å². The van der Waals surface area contributed by atoms with Gasteiger partial charge in [0.1, 0.15) is 12.2 Å². The first-order chi connectivity index (χ1) is 8.49. The third-order valence-corrected chi connectivity index (χ3v) is 1.75. The molecule has 0 aromatic carbocycles. The van der Waals surface area contributed by atoms with Crippen LogP contribution in [0.2, 0.25) is 0 Å². The van der Waals surface area contributed by atoms with Gasteiger partial charge in [-0.2, -0.15) is 0 Å². The first kappa shape index (κ1) is 17.7. The van der Waals surface area contributed by atoms with Crippen molar-refractivity contribution in [3.8, 4) is 0 Å². The van der Waals surface area contributed by atoms with E-state index in [0.717, 1.165) is 0 Å². The van der Waals surface area contributed by atoms with Crippen molar-refractivity contribution in [2.24, 2.45) is 0 Å². The quantitative estimate of drug-likeness (QED) is 0.744. The molecule has 0 atom stereocenters. The highest BCUT2D eigenvalue weighted by Crippen LogP contribution is 2.06. The van der Waals surface area contributed by atoms with E-state index in [1.807, 2.05) is 20.8 Å². The minimum Gasteiger partial charge on any atom is -0.444 e. The molecule has 2 amide bonds. The smallest absolute Gasteiger partial charge is 0.407 e. The van der Waals surface area contributed by atoms with Crippen LogP contribution in [0.25, 0.3) is 0 Å². The maximum absolute atomic E-state index is 11.4. The zero-order chi connectivity index (χ0) is 15.1. The minimum absolute atomic E-state index is 0.00986. The highest BCUT2D eigenvalue weighted by Gasteiger charge is 2.15. The van der Waals surface area contributed by atoms with Crippen molar-refractivity contribution in [3.63, 3.8) is 0 Å². The zero-order valence-electron chi connectivity index (χ0n) is 12.8. The predicted molar refractivity (Wildman–Crippen MR) is 73.0 cm³/mol. The number of alkyl carbamates (subject to hydrolysis) is 1. The fraction of sp³-hybridized carbons (Fsp3) is 0.846. The van der Waals surface area contributed by atoms with E-state index in [0.29, 0.717) is 13.1 Å². The van der Waals surface area contributed by atoms with Crippen LogP contribution in [-0.4, -0.2) is 42.9 Å². The Morgan fingerprint density at radius 2 is 1.42 bits per heavy atom. The van der Waals surface area contributed by atoms with Gasteiger partial charge >= 0.3 is 6.09 Å². The summed E-state index contributed by atoms with van der Waals surface area (Å²) in [5.74, 6) is -0.207. The van der Waals surface area contributed by atoms with E-state index >= 15 is 0 Å². The first-order valence-corrected chi connectivity index (χ1v) is 6.37. The molecule has 0 fully saturated rings. The molecule has 0 bridgehead atoms. The monoisotopic (exact) mass is 274 g/mol. The second-order valence-corrected chi connectivity index (χ2v) is 6.18. The maximum atomic E-state index is 11.4. The number of amides is 2. The fourth-order valence-corrected chi connectivity index (χ4v) is 1.01. The largest absolute Gasteiger partial charge is 0.444 e. The molecule has 0 rings (SSSR count). The lowest BCUT2D eigenvalue weighted by Gasteiger charge is -2.20. The van der Waals surface area contributed by atoms with Crippen molar-refractivity contribution in [2.75, 3.05) is 19.7 Å². The van der Waals surface area contributed by atoms with Gasteiger partial charge < -0.3 is 20.1 Å². The zero-order valence-corrected chi connectivity index (χ0v) is 12.8. The molecule has 2 N–H and O–H groups in total. The van der Waals surface area contributed by atoms with Gasteiger partial charge in [0.25, 0.3) is 0 Å². The molecule has 0 aromatic heterocycles. The molecule has 112 valence electrons. The number of carbonyl (C=O) groups excluding carboxylic acids is 2. The second kappa shape index (κ2) is 7.33. The molecule has 0 saturated heterocycles. The molecular weight excluding hydrogens is 248 g/mol. The second-order valence-electron chi connectivity index (χ2n) is 6.18. The molecule has 0 aliphatic rings. The third kappa shape index (κ3) is 12.9. The van der Waals surface area contributed by atoms with Crippen molar-refractivity contribution in [2.45, 2.75) is 52.7 Å². The van der Waals surface area contributed by atoms with E-state index in [1.165, 1.54) is 0 Å². The molecule has 19 heavy (non-hydrogen) atoms. The van der Waals surface area contributed by atoms with Gasteiger partial charge in [-0.25, -0.2) is 4.79 Å². The van der Waals surface area contributed by atoms with E-state index in [4.69, 9.17) is 9.47 Å². The number of hydrogen-bond donors (Lipinski definition) is 2. The number of rotatable bonds is 5. The average molecular weight is 274 g/mol. The lowest BCUT2D eigenvalue weighted by atomic mass is 10.2. The number of nitrogens with one attached hydrogen (secondary N) is 2. The lowest BCUT2D eigenvalue weighted by Crippen LogP contribution is -2.39. The number of carbonyl (C=O) groups is 2. The Morgan fingerprint density at radius 1 is 0.895 bits per heavy atom. The van der Waals surface area contributed by atoms with Crippen LogP contribution in [0.15, 0.2) is 0 Å². The standard InChI is InChI=1S/C13H26N2O4/c1-12(2,3)18-9-10(16)14-7-8-15-11(17)19-13(4,5)6/h7-9H2,1-6H3,(H,14,16)(H,15,17). The molecule has 0 unspecified atom stereocenters. The van der Waals surface area contributed by atoms with Gasteiger partial charge in [0.2, 0.25) is 5.91 Å². The van der Waals surface area contributed by atoms with Crippen LogP contribution in [0.3, 0.4) is 0 Å². The molecule has 6 nitrogen and oxygen atoms in total.